The molecule has 1 N–H and O–H groups in total. The fourth-order valence-corrected chi connectivity index (χ4v) is 2.45. The molecule has 1 atom stereocenters. The molecule has 0 aliphatic carbocycles. The van der Waals surface area contributed by atoms with E-state index in [1.54, 1.807) is 0 Å². The highest BCUT2D eigenvalue weighted by Crippen LogP contribution is 2.18. The second-order valence-electron chi connectivity index (χ2n) is 5.31. The first-order chi connectivity index (χ1) is 9.74. The minimum Gasteiger partial charge on any atom is -0.336 e. The molecule has 0 radical (unpaired) electrons. The van der Waals surface area contributed by atoms with E-state index >= 15 is 0 Å². The highest BCUT2D eigenvalue weighted by molar-refractivity contribution is 5.24. The van der Waals surface area contributed by atoms with Crippen molar-refractivity contribution in [2.45, 2.75) is 39.2 Å². The second-order valence-corrected chi connectivity index (χ2v) is 5.31. The van der Waals surface area contributed by atoms with Gasteiger partial charge >= 0.3 is 0 Å². The number of rotatable bonds is 7. The standard InChI is InChI=1S/C17H25N3/c1-4-10-19-16(17-12-18-13-20(17)3)11-15-8-6-14(5-2)7-9-15/h6-9,12-13,16,19H,4-5,10-11H2,1-3H3. The zero-order valence-electron chi connectivity index (χ0n) is 12.8. The third-order valence-electron chi connectivity index (χ3n) is 3.72. The van der Waals surface area contributed by atoms with Crippen molar-refractivity contribution in [3.8, 4) is 0 Å². The van der Waals surface area contributed by atoms with Gasteiger partial charge in [0.2, 0.25) is 0 Å². The fraction of sp³-hybridized carbons (Fsp3) is 0.471. The maximum absolute atomic E-state index is 4.24. The molecule has 0 saturated heterocycles. The van der Waals surface area contributed by atoms with Crippen LogP contribution in [0.3, 0.4) is 0 Å². The molecule has 0 amide bonds. The van der Waals surface area contributed by atoms with Gasteiger partial charge < -0.3 is 9.88 Å². The summed E-state index contributed by atoms with van der Waals surface area (Å²) in [7, 11) is 2.06. The summed E-state index contributed by atoms with van der Waals surface area (Å²) in [6.45, 7) is 5.42. The normalized spacial score (nSPS) is 12.6. The van der Waals surface area contributed by atoms with E-state index in [9.17, 15) is 0 Å². The first-order valence-corrected chi connectivity index (χ1v) is 7.52. The minimum absolute atomic E-state index is 0.329. The van der Waals surface area contributed by atoms with E-state index in [-0.39, 0.29) is 0 Å². The number of aromatic nitrogens is 2. The van der Waals surface area contributed by atoms with E-state index in [2.05, 4.69) is 60.0 Å². The van der Waals surface area contributed by atoms with Crippen molar-refractivity contribution in [3.05, 3.63) is 53.6 Å². The molecule has 1 heterocycles. The van der Waals surface area contributed by atoms with Crippen molar-refractivity contribution in [2.75, 3.05) is 6.54 Å². The van der Waals surface area contributed by atoms with Gasteiger partial charge in [0.1, 0.15) is 0 Å². The molecule has 0 aliphatic heterocycles. The highest BCUT2D eigenvalue weighted by Gasteiger charge is 2.14. The zero-order valence-corrected chi connectivity index (χ0v) is 12.8. The number of nitrogens with zero attached hydrogens (tertiary/aromatic N) is 2. The molecule has 1 aromatic carbocycles. The topological polar surface area (TPSA) is 29.9 Å². The van der Waals surface area contributed by atoms with Gasteiger partial charge in [0.25, 0.3) is 0 Å². The van der Waals surface area contributed by atoms with Crippen molar-refractivity contribution in [1.29, 1.82) is 0 Å². The third kappa shape index (κ3) is 3.70. The molecule has 0 saturated carbocycles. The summed E-state index contributed by atoms with van der Waals surface area (Å²) < 4.78 is 2.10. The third-order valence-corrected chi connectivity index (χ3v) is 3.72. The monoisotopic (exact) mass is 271 g/mol. The Kier molecular flexibility index (Phi) is 5.36. The van der Waals surface area contributed by atoms with Gasteiger partial charge in [-0.3, -0.25) is 0 Å². The number of nitrogens with one attached hydrogen (secondary N) is 1. The Morgan fingerprint density at radius 2 is 1.85 bits per heavy atom. The Bertz CT molecular complexity index is 513. The Morgan fingerprint density at radius 3 is 2.40 bits per heavy atom. The fourth-order valence-electron chi connectivity index (χ4n) is 2.45. The first-order valence-electron chi connectivity index (χ1n) is 7.52. The molecule has 2 rings (SSSR count). The van der Waals surface area contributed by atoms with Crippen molar-refractivity contribution in [2.24, 2.45) is 7.05 Å². The SMILES string of the molecule is CCCNC(Cc1ccc(CC)cc1)c1cncn1C. The molecule has 0 fully saturated rings. The Hall–Kier alpha value is -1.61. The van der Waals surface area contributed by atoms with Crippen LogP contribution in [0.1, 0.15) is 43.1 Å². The first kappa shape index (κ1) is 14.8. The summed E-state index contributed by atoms with van der Waals surface area (Å²) in [6.07, 6.45) is 7.08. The van der Waals surface area contributed by atoms with E-state index < -0.39 is 0 Å². The van der Waals surface area contributed by atoms with E-state index in [0.29, 0.717) is 6.04 Å². The Balaban J connectivity index is 2.12. The quantitative estimate of drug-likeness (QED) is 0.837. The van der Waals surface area contributed by atoms with E-state index in [1.165, 1.54) is 16.8 Å². The number of benzene rings is 1. The average Bonchev–Trinajstić information content (AvgIpc) is 2.90. The van der Waals surface area contributed by atoms with Gasteiger partial charge in [0.15, 0.2) is 0 Å². The molecule has 3 heteroatoms. The lowest BCUT2D eigenvalue weighted by atomic mass is 10.0. The summed E-state index contributed by atoms with van der Waals surface area (Å²) >= 11 is 0. The van der Waals surface area contributed by atoms with Crippen LogP contribution >= 0.6 is 0 Å². The van der Waals surface area contributed by atoms with Crippen LogP contribution < -0.4 is 5.32 Å². The van der Waals surface area contributed by atoms with Gasteiger partial charge in [0.05, 0.1) is 18.1 Å². The molecular formula is C17H25N3. The molecular weight excluding hydrogens is 246 g/mol. The smallest absolute Gasteiger partial charge is 0.0946 e. The summed E-state index contributed by atoms with van der Waals surface area (Å²) in [6, 6.07) is 9.28. The lowest BCUT2D eigenvalue weighted by Gasteiger charge is -2.19. The van der Waals surface area contributed by atoms with E-state index in [4.69, 9.17) is 0 Å². The van der Waals surface area contributed by atoms with Gasteiger partial charge in [-0.15, -0.1) is 0 Å². The van der Waals surface area contributed by atoms with Crippen molar-refractivity contribution < 1.29 is 0 Å². The zero-order chi connectivity index (χ0) is 14.4. The number of imidazole rings is 1. The van der Waals surface area contributed by atoms with Gasteiger partial charge in [-0.25, -0.2) is 4.98 Å². The van der Waals surface area contributed by atoms with Gasteiger partial charge in [-0.2, -0.15) is 0 Å². The molecule has 2 aromatic rings. The van der Waals surface area contributed by atoms with Crippen LogP contribution in [0.25, 0.3) is 0 Å². The van der Waals surface area contributed by atoms with Gasteiger partial charge in [0, 0.05) is 13.2 Å². The summed E-state index contributed by atoms with van der Waals surface area (Å²) in [4.78, 5) is 4.24. The molecule has 1 unspecified atom stereocenters. The number of aryl methyl sites for hydroxylation is 2. The molecule has 0 spiro atoms. The molecule has 108 valence electrons. The predicted molar refractivity (Wildman–Crippen MR) is 83.8 cm³/mol. The van der Waals surface area contributed by atoms with Crippen LogP contribution in [0, 0.1) is 0 Å². The molecule has 0 aliphatic rings. The van der Waals surface area contributed by atoms with Crippen molar-refractivity contribution in [3.63, 3.8) is 0 Å². The lowest BCUT2D eigenvalue weighted by molar-refractivity contribution is 0.504. The molecule has 0 bridgehead atoms. The van der Waals surface area contributed by atoms with Crippen LogP contribution in [0.5, 0.6) is 0 Å². The maximum atomic E-state index is 4.24. The van der Waals surface area contributed by atoms with Gasteiger partial charge in [-0.1, -0.05) is 38.1 Å². The summed E-state index contributed by atoms with van der Waals surface area (Å²) in [5.41, 5.74) is 4.02. The van der Waals surface area contributed by atoms with Crippen molar-refractivity contribution in [1.82, 2.24) is 14.9 Å². The van der Waals surface area contributed by atoms with Crippen LogP contribution in [-0.2, 0) is 19.9 Å². The largest absolute Gasteiger partial charge is 0.336 e. The Labute approximate surface area is 122 Å². The van der Waals surface area contributed by atoms with Crippen molar-refractivity contribution >= 4 is 0 Å². The minimum atomic E-state index is 0.329. The second kappa shape index (κ2) is 7.25. The average molecular weight is 271 g/mol. The predicted octanol–water partition coefficient (Wildman–Crippen LogP) is 3.27. The maximum Gasteiger partial charge on any atom is 0.0946 e. The van der Waals surface area contributed by atoms with Crippen LogP contribution in [0.2, 0.25) is 0 Å². The highest BCUT2D eigenvalue weighted by atomic mass is 15.1. The van der Waals surface area contributed by atoms with Crippen LogP contribution in [-0.4, -0.2) is 16.1 Å². The number of hydrogen-bond donors (Lipinski definition) is 1. The van der Waals surface area contributed by atoms with E-state index in [0.717, 1.165) is 25.8 Å². The summed E-state index contributed by atoms with van der Waals surface area (Å²) in [5, 5.41) is 3.63. The molecule has 1 aromatic heterocycles. The molecule has 3 nitrogen and oxygen atoms in total. The van der Waals surface area contributed by atoms with Crippen LogP contribution in [0.4, 0.5) is 0 Å². The number of hydrogen-bond acceptors (Lipinski definition) is 2. The van der Waals surface area contributed by atoms with E-state index in [1.807, 2.05) is 12.5 Å². The Morgan fingerprint density at radius 1 is 1.15 bits per heavy atom. The summed E-state index contributed by atoms with van der Waals surface area (Å²) in [5.74, 6) is 0. The molecule has 20 heavy (non-hydrogen) atoms. The lowest BCUT2D eigenvalue weighted by Crippen LogP contribution is -2.25. The van der Waals surface area contributed by atoms with Gasteiger partial charge in [-0.05, 0) is 36.9 Å². The van der Waals surface area contributed by atoms with Crippen LogP contribution in [0.15, 0.2) is 36.8 Å².